The molecule has 3 nitrogen and oxygen atoms in total. The molecule has 0 aromatic carbocycles. The minimum absolute atomic E-state index is 0.0418. The molecule has 4 atom stereocenters. The first-order chi connectivity index (χ1) is 9.62. The number of fused-ring (bicyclic) bond motifs is 2. The summed E-state index contributed by atoms with van der Waals surface area (Å²) < 4.78 is 0. The van der Waals surface area contributed by atoms with Crippen LogP contribution in [0.4, 0.5) is 0 Å². The van der Waals surface area contributed by atoms with Gasteiger partial charge in [0.15, 0.2) is 0 Å². The van der Waals surface area contributed by atoms with E-state index in [4.69, 9.17) is 0 Å². The van der Waals surface area contributed by atoms with Crippen LogP contribution in [-0.4, -0.2) is 54.9 Å². The van der Waals surface area contributed by atoms with Crippen LogP contribution in [0.5, 0.6) is 0 Å². The number of carbonyl (C=O) groups is 1. The first-order valence-corrected chi connectivity index (χ1v) is 8.52. The zero-order valence-electron chi connectivity index (χ0n) is 13.2. The minimum atomic E-state index is -0.0418. The fraction of sp³-hybridized carbons (Fsp3) is 0.941. The van der Waals surface area contributed by atoms with Gasteiger partial charge >= 0.3 is 0 Å². The smallest absolute Gasteiger partial charge is 0.127 e. The highest BCUT2D eigenvalue weighted by molar-refractivity contribution is 5.60. The second-order valence-corrected chi connectivity index (χ2v) is 7.76. The summed E-state index contributed by atoms with van der Waals surface area (Å²) in [6.45, 7) is 5.69. The summed E-state index contributed by atoms with van der Waals surface area (Å²) in [5.74, 6) is 0.722. The largest absolute Gasteiger partial charge is 0.303 e. The van der Waals surface area contributed by atoms with Crippen LogP contribution in [0.25, 0.3) is 0 Å². The molecule has 0 aromatic rings. The van der Waals surface area contributed by atoms with Gasteiger partial charge in [-0.15, -0.1) is 0 Å². The lowest BCUT2D eigenvalue weighted by Crippen LogP contribution is -2.45. The number of hydrogen-bond donors (Lipinski definition) is 0. The molecule has 3 aliphatic rings. The third kappa shape index (κ3) is 2.80. The summed E-state index contributed by atoms with van der Waals surface area (Å²) in [4.78, 5) is 17.0. The van der Waals surface area contributed by atoms with Gasteiger partial charge in [0.25, 0.3) is 0 Å². The Morgan fingerprint density at radius 2 is 2.00 bits per heavy atom. The summed E-state index contributed by atoms with van der Waals surface area (Å²) in [5.41, 5.74) is -0.0418. The number of carbonyl (C=O) groups excluding carboxylic acids is 1. The first kappa shape index (κ1) is 14.5. The van der Waals surface area contributed by atoms with Crippen LogP contribution in [0.2, 0.25) is 0 Å². The molecule has 114 valence electrons. The van der Waals surface area contributed by atoms with Crippen LogP contribution in [0.15, 0.2) is 0 Å². The quantitative estimate of drug-likeness (QED) is 0.741. The zero-order chi connectivity index (χ0) is 14.2. The van der Waals surface area contributed by atoms with Crippen molar-refractivity contribution in [2.75, 3.05) is 26.7 Å². The molecule has 1 aliphatic carbocycles. The molecule has 0 radical (unpaired) electrons. The van der Waals surface area contributed by atoms with E-state index in [0.717, 1.165) is 37.4 Å². The van der Waals surface area contributed by atoms with Gasteiger partial charge in [-0.25, -0.2) is 0 Å². The van der Waals surface area contributed by atoms with Gasteiger partial charge in [-0.1, -0.05) is 19.8 Å². The number of nitrogens with zero attached hydrogens (tertiary/aromatic N) is 2. The third-order valence-corrected chi connectivity index (χ3v) is 6.15. The van der Waals surface area contributed by atoms with E-state index in [9.17, 15) is 4.79 Å². The Morgan fingerprint density at radius 3 is 2.75 bits per heavy atom. The van der Waals surface area contributed by atoms with Crippen LogP contribution >= 0.6 is 0 Å². The molecule has 3 rings (SSSR count). The average Bonchev–Trinajstić information content (AvgIpc) is 2.67. The summed E-state index contributed by atoms with van der Waals surface area (Å²) in [6, 6.07) is 1.52. The molecule has 0 N–H and O–H groups in total. The standard InChI is InChI=1S/C17H30N2O/c1-14-4-3-8-17(10-14,13-20)12-19-9-7-15-5-6-16(11-19)18(15)2/h13-16H,3-12H2,1-2H3. The van der Waals surface area contributed by atoms with Crippen LogP contribution in [0.3, 0.4) is 0 Å². The Balaban J connectivity index is 1.65. The van der Waals surface area contributed by atoms with Gasteiger partial charge in [0.05, 0.1) is 0 Å². The fourth-order valence-electron chi connectivity index (χ4n) is 4.96. The van der Waals surface area contributed by atoms with Crippen molar-refractivity contribution in [3.63, 3.8) is 0 Å². The van der Waals surface area contributed by atoms with Gasteiger partial charge in [0.2, 0.25) is 0 Å². The summed E-state index contributed by atoms with van der Waals surface area (Å²) in [7, 11) is 2.30. The van der Waals surface area contributed by atoms with E-state index >= 15 is 0 Å². The van der Waals surface area contributed by atoms with E-state index < -0.39 is 0 Å². The van der Waals surface area contributed by atoms with Gasteiger partial charge in [-0.2, -0.15) is 0 Å². The van der Waals surface area contributed by atoms with Crippen molar-refractivity contribution in [2.45, 2.75) is 64.0 Å². The van der Waals surface area contributed by atoms with E-state index in [1.54, 1.807) is 0 Å². The second-order valence-electron chi connectivity index (χ2n) is 7.76. The van der Waals surface area contributed by atoms with Gasteiger partial charge in [0, 0.05) is 30.6 Å². The molecule has 0 spiro atoms. The van der Waals surface area contributed by atoms with Crippen molar-refractivity contribution in [3.05, 3.63) is 0 Å². The molecule has 3 heteroatoms. The number of hydrogen-bond acceptors (Lipinski definition) is 3. The number of likely N-dealkylation sites (N-methyl/N-ethyl adjacent to an activating group) is 1. The second kappa shape index (κ2) is 5.76. The lowest BCUT2D eigenvalue weighted by atomic mass is 9.70. The molecule has 3 fully saturated rings. The summed E-state index contributed by atoms with van der Waals surface area (Å²) in [5, 5.41) is 0. The van der Waals surface area contributed by atoms with Crippen LogP contribution < -0.4 is 0 Å². The fourth-order valence-corrected chi connectivity index (χ4v) is 4.96. The molecule has 2 saturated heterocycles. The van der Waals surface area contributed by atoms with E-state index in [-0.39, 0.29) is 5.41 Å². The van der Waals surface area contributed by atoms with Crippen molar-refractivity contribution in [2.24, 2.45) is 11.3 Å². The molecule has 0 aromatic heterocycles. The van der Waals surface area contributed by atoms with Gasteiger partial charge in [0.1, 0.15) is 6.29 Å². The third-order valence-electron chi connectivity index (χ3n) is 6.15. The molecule has 4 unspecified atom stereocenters. The maximum absolute atomic E-state index is 11.8. The molecular weight excluding hydrogens is 248 g/mol. The van der Waals surface area contributed by atoms with Crippen molar-refractivity contribution < 1.29 is 4.79 Å². The van der Waals surface area contributed by atoms with E-state index in [1.165, 1.54) is 51.5 Å². The van der Waals surface area contributed by atoms with Crippen LogP contribution in [-0.2, 0) is 4.79 Å². The molecule has 2 bridgehead atoms. The molecule has 0 amide bonds. The number of rotatable bonds is 3. The molecule has 2 aliphatic heterocycles. The molecule has 1 saturated carbocycles. The Labute approximate surface area is 123 Å². The SMILES string of the molecule is CC1CCCC(C=O)(CN2CCC3CCC(C2)N3C)C1. The normalized spacial score (nSPS) is 43.4. The molecule has 20 heavy (non-hydrogen) atoms. The topological polar surface area (TPSA) is 23.6 Å². The van der Waals surface area contributed by atoms with E-state index in [0.29, 0.717) is 0 Å². The summed E-state index contributed by atoms with van der Waals surface area (Å²) in [6.07, 6.45) is 10.1. The predicted molar refractivity (Wildman–Crippen MR) is 81.8 cm³/mol. The average molecular weight is 278 g/mol. The molecule has 2 heterocycles. The number of likely N-dealkylation sites (tertiary alicyclic amines) is 1. The maximum atomic E-state index is 11.8. The highest BCUT2D eigenvalue weighted by Crippen LogP contribution is 2.39. The predicted octanol–water partition coefficient (Wildman–Crippen LogP) is 2.55. The highest BCUT2D eigenvalue weighted by Gasteiger charge is 2.40. The Bertz CT molecular complexity index is 359. The van der Waals surface area contributed by atoms with Crippen LogP contribution in [0, 0.1) is 11.3 Å². The van der Waals surface area contributed by atoms with Crippen molar-refractivity contribution in [1.29, 1.82) is 0 Å². The van der Waals surface area contributed by atoms with Gasteiger partial charge in [-0.05, 0) is 51.6 Å². The number of aldehydes is 1. The molecular formula is C17H30N2O. The lowest BCUT2D eigenvalue weighted by Gasteiger charge is -2.40. The zero-order valence-corrected chi connectivity index (χ0v) is 13.2. The van der Waals surface area contributed by atoms with E-state index in [2.05, 4.69) is 23.8 Å². The minimum Gasteiger partial charge on any atom is -0.303 e. The van der Waals surface area contributed by atoms with Crippen LogP contribution in [0.1, 0.15) is 51.9 Å². The highest BCUT2D eigenvalue weighted by atomic mass is 16.1. The maximum Gasteiger partial charge on any atom is 0.127 e. The van der Waals surface area contributed by atoms with Crippen molar-refractivity contribution in [3.8, 4) is 0 Å². The lowest BCUT2D eigenvalue weighted by molar-refractivity contribution is -0.120. The van der Waals surface area contributed by atoms with Crippen molar-refractivity contribution in [1.82, 2.24) is 9.80 Å². The van der Waals surface area contributed by atoms with Crippen molar-refractivity contribution >= 4 is 6.29 Å². The Hall–Kier alpha value is -0.410. The van der Waals surface area contributed by atoms with Gasteiger partial charge < -0.3 is 9.69 Å². The first-order valence-electron chi connectivity index (χ1n) is 8.52. The van der Waals surface area contributed by atoms with E-state index in [1.807, 2.05) is 0 Å². The monoisotopic (exact) mass is 278 g/mol. The Morgan fingerprint density at radius 1 is 1.20 bits per heavy atom. The van der Waals surface area contributed by atoms with Gasteiger partial charge in [-0.3, -0.25) is 4.90 Å². The Kier molecular flexibility index (Phi) is 4.19. The summed E-state index contributed by atoms with van der Waals surface area (Å²) >= 11 is 0.